The Bertz CT molecular complexity index is 1640. The normalized spacial score (nSPS) is 11.9. The number of hydrogen-bond donors (Lipinski definition) is 3. The molecule has 0 unspecified atom stereocenters. The van der Waals surface area contributed by atoms with Crippen molar-refractivity contribution >= 4 is 53.6 Å². The lowest BCUT2D eigenvalue weighted by atomic mass is 10.1. The first kappa shape index (κ1) is 27.4. The molecule has 0 saturated carbocycles. The molecule has 4 rings (SSSR count). The smallest absolute Gasteiger partial charge is 0.261 e. The zero-order valence-corrected chi connectivity index (χ0v) is 23.2. The summed E-state index contributed by atoms with van der Waals surface area (Å²) in [6.07, 6.45) is 1.16. The van der Waals surface area contributed by atoms with E-state index < -0.39 is 20.0 Å². The molecule has 0 fully saturated rings. The van der Waals surface area contributed by atoms with Crippen molar-refractivity contribution in [2.24, 2.45) is 0 Å². The predicted octanol–water partition coefficient (Wildman–Crippen LogP) is 5.07. The van der Waals surface area contributed by atoms with Crippen LogP contribution in [0.25, 0.3) is 10.8 Å². The molecular weight excluding hydrogens is 520 g/mol. The van der Waals surface area contributed by atoms with Crippen molar-refractivity contribution in [3.8, 4) is 0 Å². The molecule has 4 aromatic carbocycles. The Labute approximate surface area is 224 Å². The maximum atomic E-state index is 12.9. The van der Waals surface area contributed by atoms with Crippen LogP contribution >= 0.6 is 0 Å². The van der Waals surface area contributed by atoms with Crippen LogP contribution in [0.2, 0.25) is 0 Å². The quantitative estimate of drug-likeness (QED) is 0.240. The number of sulfonamides is 2. The lowest BCUT2D eigenvalue weighted by Crippen LogP contribution is -2.34. The van der Waals surface area contributed by atoms with Crippen LogP contribution in [-0.4, -0.2) is 42.7 Å². The largest absolute Gasteiger partial charge is 0.370 e. The molecule has 4 aromatic rings. The second-order valence-electron chi connectivity index (χ2n) is 9.00. The number of nitrogens with zero attached hydrogens (tertiary/aromatic N) is 1. The Balaban J connectivity index is 1.58. The Hall–Kier alpha value is -3.60. The highest BCUT2D eigenvalue weighted by molar-refractivity contribution is 7.92. The van der Waals surface area contributed by atoms with Gasteiger partial charge in [0.15, 0.2) is 0 Å². The van der Waals surface area contributed by atoms with Gasteiger partial charge in [-0.1, -0.05) is 42.5 Å². The van der Waals surface area contributed by atoms with Crippen LogP contribution in [0.15, 0.2) is 89.8 Å². The highest BCUT2D eigenvalue weighted by atomic mass is 32.2. The van der Waals surface area contributed by atoms with Crippen LogP contribution < -0.4 is 19.7 Å². The highest BCUT2D eigenvalue weighted by Gasteiger charge is 2.16. The molecule has 3 N–H and O–H groups in total. The third-order valence-corrected chi connectivity index (χ3v) is 8.30. The van der Waals surface area contributed by atoms with Gasteiger partial charge in [-0.3, -0.25) is 4.72 Å². The summed E-state index contributed by atoms with van der Waals surface area (Å²) in [7, 11) is -6.96. The molecule has 0 bridgehead atoms. The van der Waals surface area contributed by atoms with Crippen LogP contribution in [0.1, 0.15) is 12.5 Å². The predicted molar refractivity (Wildman–Crippen MR) is 156 cm³/mol. The molecule has 0 heterocycles. The fraction of sp³-hybridized carbons (Fsp3) is 0.214. The molecule has 0 aliphatic rings. The molecule has 0 atom stereocenters. The van der Waals surface area contributed by atoms with E-state index in [1.54, 1.807) is 36.4 Å². The number of fused-ring (bicyclic) bond motifs is 1. The summed E-state index contributed by atoms with van der Waals surface area (Å²) < 4.78 is 53.9. The minimum absolute atomic E-state index is 0.204. The number of aryl methyl sites for hydroxylation is 1. The van der Waals surface area contributed by atoms with Gasteiger partial charge in [-0.15, -0.1) is 0 Å². The Morgan fingerprint density at radius 3 is 2.00 bits per heavy atom. The van der Waals surface area contributed by atoms with Crippen molar-refractivity contribution in [1.82, 2.24) is 4.72 Å². The Morgan fingerprint density at radius 1 is 0.763 bits per heavy atom. The molecule has 0 aliphatic heterocycles. The number of rotatable bonds is 11. The number of benzene rings is 4. The fourth-order valence-corrected chi connectivity index (χ4v) is 5.83. The molecule has 0 aliphatic carbocycles. The topological polar surface area (TPSA) is 108 Å². The molecule has 0 amide bonds. The van der Waals surface area contributed by atoms with Crippen molar-refractivity contribution in [3.63, 3.8) is 0 Å². The average Bonchev–Trinajstić information content (AvgIpc) is 2.89. The zero-order chi connectivity index (χ0) is 27.3. The highest BCUT2D eigenvalue weighted by Crippen LogP contribution is 2.34. The molecular formula is C28H32N4O4S2. The Kier molecular flexibility index (Phi) is 8.25. The van der Waals surface area contributed by atoms with Gasteiger partial charge >= 0.3 is 0 Å². The molecule has 0 spiro atoms. The molecule has 10 heteroatoms. The number of nitrogens with one attached hydrogen (secondary N) is 3. The summed E-state index contributed by atoms with van der Waals surface area (Å²) in [4.78, 5) is 2.31. The van der Waals surface area contributed by atoms with Crippen LogP contribution in [0, 0.1) is 6.92 Å². The maximum absolute atomic E-state index is 12.9. The monoisotopic (exact) mass is 552 g/mol. The van der Waals surface area contributed by atoms with E-state index in [4.69, 9.17) is 0 Å². The molecule has 8 nitrogen and oxygen atoms in total. The van der Waals surface area contributed by atoms with Crippen LogP contribution in [0.4, 0.5) is 22.7 Å². The second kappa shape index (κ2) is 11.4. The van der Waals surface area contributed by atoms with Gasteiger partial charge < -0.3 is 10.2 Å². The van der Waals surface area contributed by atoms with E-state index in [0.717, 1.165) is 46.2 Å². The van der Waals surface area contributed by atoms with Gasteiger partial charge in [0.1, 0.15) is 0 Å². The van der Waals surface area contributed by atoms with E-state index in [1.165, 1.54) is 0 Å². The van der Waals surface area contributed by atoms with E-state index in [9.17, 15) is 16.8 Å². The molecule has 38 heavy (non-hydrogen) atoms. The number of anilines is 4. The SMILES string of the molecule is CCN(CCNS(C)(=O)=O)c1ccc(Nc2ccc(NS(=O)(=O)c3ccccc3)c3ccccc23)c(C)c1. The van der Waals surface area contributed by atoms with Crippen molar-refractivity contribution in [2.45, 2.75) is 18.7 Å². The molecule has 0 saturated heterocycles. The average molecular weight is 553 g/mol. The summed E-state index contributed by atoms with van der Waals surface area (Å²) >= 11 is 0. The number of hydrogen-bond acceptors (Lipinski definition) is 6. The summed E-state index contributed by atoms with van der Waals surface area (Å²) in [5.41, 5.74) is 4.30. The van der Waals surface area contributed by atoms with Crippen molar-refractivity contribution in [2.75, 3.05) is 40.8 Å². The minimum Gasteiger partial charge on any atom is -0.370 e. The second-order valence-corrected chi connectivity index (χ2v) is 12.5. The Morgan fingerprint density at radius 2 is 1.37 bits per heavy atom. The van der Waals surface area contributed by atoms with Crippen molar-refractivity contribution in [3.05, 3.63) is 90.5 Å². The number of likely N-dealkylation sites (N-methyl/N-ethyl adjacent to an activating group) is 1. The van der Waals surface area contributed by atoms with Gasteiger partial charge in [-0.05, 0) is 61.9 Å². The van der Waals surface area contributed by atoms with Crippen LogP contribution in [0.3, 0.4) is 0 Å². The van der Waals surface area contributed by atoms with E-state index >= 15 is 0 Å². The van der Waals surface area contributed by atoms with Crippen molar-refractivity contribution in [1.29, 1.82) is 0 Å². The van der Waals surface area contributed by atoms with Gasteiger partial charge in [0.25, 0.3) is 10.0 Å². The van der Waals surface area contributed by atoms with Gasteiger partial charge in [0.2, 0.25) is 10.0 Å². The van der Waals surface area contributed by atoms with E-state index in [2.05, 4.69) is 25.7 Å². The van der Waals surface area contributed by atoms with Gasteiger partial charge in [-0.2, -0.15) is 0 Å². The van der Waals surface area contributed by atoms with E-state index in [0.29, 0.717) is 18.8 Å². The van der Waals surface area contributed by atoms with Crippen LogP contribution in [-0.2, 0) is 20.0 Å². The summed E-state index contributed by atoms with van der Waals surface area (Å²) in [5.74, 6) is 0. The third-order valence-electron chi connectivity index (χ3n) is 6.19. The third kappa shape index (κ3) is 6.63. The zero-order valence-electron chi connectivity index (χ0n) is 21.6. The van der Waals surface area contributed by atoms with E-state index in [-0.39, 0.29) is 4.90 Å². The minimum atomic E-state index is -3.73. The van der Waals surface area contributed by atoms with Crippen molar-refractivity contribution < 1.29 is 16.8 Å². The van der Waals surface area contributed by atoms with Gasteiger partial charge in [0.05, 0.1) is 16.8 Å². The summed E-state index contributed by atoms with van der Waals surface area (Å²) in [6.45, 7) is 5.67. The van der Waals surface area contributed by atoms with Crippen LogP contribution in [0.5, 0.6) is 0 Å². The van der Waals surface area contributed by atoms with E-state index in [1.807, 2.05) is 56.3 Å². The maximum Gasteiger partial charge on any atom is 0.261 e. The lowest BCUT2D eigenvalue weighted by Gasteiger charge is -2.24. The summed E-state index contributed by atoms with van der Waals surface area (Å²) in [5, 5.41) is 5.16. The molecule has 0 radical (unpaired) electrons. The first-order valence-corrected chi connectivity index (χ1v) is 15.6. The van der Waals surface area contributed by atoms with Gasteiger partial charge in [-0.25, -0.2) is 21.6 Å². The fourth-order valence-electron chi connectivity index (χ4n) is 4.27. The standard InChI is InChI=1S/C28H32N4O4S2/c1-4-32(19-18-29-37(3,33)34)22-14-15-26(21(2)20-22)30-27-16-17-28(25-13-9-8-12-24(25)27)31-38(35,36)23-10-6-5-7-11-23/h5-17,20,29-31H,4,18-19H2,1-3H3. The van der Waals surface area contributed by atoms with Gasteiger partial charge in [0, 0.05) is 47.5 Å². The first-order chi connectivity index (χ1) is 18.1. The molecule has 0 aromatic heterocycles. The summed E-state index contributed by atoms with van der Waals surface area (Å²) in [6, 6.07) is 25.6. The first-order valence-electron chi connectivity index (χ1n) is 12.2. The lowest BCUT2D eigenvalue weighted by molar-refractivity contribution is 0.587. The molecule has 200 valence electrons.